The molecule has 1 aromatic rings. The van der Waals surface area contributed by atoms with Crippen LogP contribution >= 0.6 is 0 Å². The Bertz CT molecular complexity index is 1250. The summed E-state index contributed by atoms with van der Waals surface area (Å²) >= 11 is 0. The lowest BCUT2D eigenvalue weighted by Gasteiger charge is -2.55. The van der Waals surface area contributed by atoms with Crippen molar-refractivity contribution in [2.24, 2.45) is 11.3 Å². The molecule has 7 unspecified atom stereocenters. The first-order chi connectivity index (χ1) is 20.3. The van der Waals surface area contributed by atoms with Crippen molar-refractivity contribution < 1.29 is 14.3 Å². The third kappa shape index (κ3) is 5.44. The van der Waals surface area contributed by atoms with Crippen molar-refractivity contribution in [3.8, 4) is 6.07 Å². The molecule has 1 amide bonds. The molecule has 226 valence electrons. The van der Waals surface area contributed by atoms with Crippen LogP contribution in [-0.2, 0) is 27.2 Å². The Labute approximate surface area is 250 Å². The fourth-order valence-electron chi connectivity index (χ4n) is 8.45. The molecule has 9 heteroatoms. The number of hydrogen-bond donors (Lipinski definition) is 2. The van der Waals surface area contributed by atoms with Crippen molar-refractivity contribution in [3.63, 3.8) is 0 Å². The Kier molecular flexibility index (Phi) is 8.54. The maximum Gasteiger partial charge on any atom is 0.246 e. The highest BCUT2D eigenvalue weighted by Gasteiger charge is 2.55. The maximum atomic E-state index is 14.6. The number of piperazine rings is 1. The van der Waals surface area contributed by atoms with Gasteiger partial charge in [0, 0.05) is 37.0 Å². The predicted molar refractivity (Wildman–Crippen MR) is 160 cm³/mol. The van der Waals surface area contributed by atoms with Crippen LogP contribution in [0, 0.1) is 29.6 Å². The molecule has 9 nitrogen and oxygen atoms in total. The minimum absolute atomic E-state index is 0.0800. The molecule has 5 aliphatic rings. The molecule has 3 aliphatic heterocycles. The highest BCUT2D eigenvalue weighted by Crippen LogP contribution is 2.48. The first-order valence-electron chi connectivity index (χ1n) is 15.8. The van der Waals surface area contributed by atoms with E-state index in [1.165, 1.54) is 29.2 Å². The Morgan fingerprint density at radius 3 is 2.83 bits per heavy atom. The lowest BCUT2D eigenvalue weighted by molar-refractivity contribution is -0.154. The molecule has 0 aromatic heterocycles. The molecule has 42 heavy (non-hydrogen) atoms. The lowest BCUT2D eigenvalue weighted by Crippen LogP contribution is -2.74. The SMILES string of the molecule is C=CC(=O)N1CCN(C2NC(OCC3CCCN3C)NC3C(=O)C4(CCc5cccc(C)c5C4)CCC32)CC1CC#N. The van der Waals surface area contributed by atoms with E-state index in [0.717, 1.165) is 45.1 Å². The average molecular weight is 575 g/mol. The molecular formula is C33H46N6O3. The van der Waals surface area contributed by atoms with Crippen molar-refractivity contribution in [3.05, 3.63) is 47.5 Å². The number of fused-ring (bicyclic) bond motifs is 2. The summed E-state index contributed by atoms with van der Waals surface area (Å²) in [7, 11) is 2.15. The van der Waals surface area contributed by atoms with E-state index in [-0.39, 0.29) is 41.9 Å². The number of aryl methyl sites for hydroxylation is 2. The number of likely N-dealkylation sites (N-methyl/N-ethyl adjacent to an activating group) is 1. The third-order valence-electron chi connectivity index (χ3n) is 11.0. The summed E-state index contributed by atoms with van der Waals surface area (Å²) in [6.07, 6.45) is 7.88. The predicted octanol–water partition coefficient (Wildman–Crippen LogP) is 2.34. The smallest absolute Gasteiger partial charge is 0.246 e. The second-order valence-electron chi connectivity index (χ2n) is 13.2. The van der Waals surface area contributed by atoms with Crippen molar-refractivity contribution in [2.45, 2.75) is 88.9 Å². The minimum Gasteiger partial charge on any atom is -0.348 e. The standard InChI is InChI=1S/C33H46N6O3/c1-4-28(40)39-18-17-38(20-24(39)12-15-34)31-26-11-14-33(13-10-23-8-5-7-22(2)27(23)19-33)30(41)29(26)35-32(36-31)42-21-25-9-6-16-37(25)3/h4-5,7-8,24-26,29,31-32,35-36H,1,6,9-14,16-21H2,2-3H3. The van der Waals surface area contributed by atoms with Crippen LogP contribution in [0.4, 0.5) is 0 Å². The van der Waals surface area contributed by atoms with Crippen LogP contribution in [0.1, 0.15) is 55.2 Å². The first kappa shape index (κ1) is 29.5. The third-order valence-corrected chi connectivity index (χ3v) is 11.0. The van der Waals surface area contributed by atoms with Gasteiger partial charge in [-0.2, -0.15) is 5.26 Å². The van der Waals surface area contributed by atoms with Crippen LogP contribution in [0.2, 0.25) is 0 Å². The molecule has 3 heterocycles. The van der Waals surface area contributed by atoms with E-state index >= 15 is 0 Å². The second kappa shape index (κ2) is 12.2. The molecule has 2 aliphatic carbocycles. The van der Waals surface area contributed by atoms with E-state index in [1.807, 2.05) is 0 Å². The average Bonchev–Trinajstić information content (AvgIpc) is 3.42. The molecule has 3 saturated heterocycles. The number of ether oxygens (including phenoxy) is 1. The number of ketones is 1. The molecule has 0 bridgehead atoms. The minimum atomic E-state index is -0.441. The highest BCUT2D eigenvalue weighted by molar-refractivity contribution is 5.92. The number of likely N-dealkylation sites (tertiary alicyclic amines) is 1. The molecule has 1 saturated carbocycles. The zero-order valence-electron chi connectivity index (χ0n) is 25.2. The van der Waals surface area contributed by atoms with Gasteiger partial charge in [-0.1, -0.05) is 24.8 Å². The van der Waals surface area contributed by atoms with Gasteiger partial charge in [-0.3, -0.25) is 25.1 Å². The van der Waals surface area contributed by atoms with Crippen LogP contribution in [0.3, 0.4) is 0 Å². The lowest BCUT2D eigenvalue weighted by atomic mass is 9.58. The van der Waals surface area contributed by atoms with Gasteiger partial charge in [0.05, 0.1) is 37.3 Å². The topological polar surface area (TPSA) is 101 Å². The second-order valence-corrected chi connectivity index (χ2v) is 13.2. The summed E-state index contributed by atoms with van der Waals surface area (Å²) in [6.45, 7) is 9.32. The Hall–Kier alpha value is -2.61. The zero-order valence-corrected chi connectivity index (χ0v) is 25.2. The molecule has 2 N–H and O–H groups in total. The van der Waals surface area contributed by atoms with Crippen LogP contribution in [0.25, 0.3) is 0 Å². The summed E-state index contributed by atoms with van der Waals surface area (Å²) in [6, 6.07) is 8.68. The van der Waals surface area contributed by atoms with Crippen molar-refractivity contribution in [2.75, 3.05) is 39.8 Å². The van der Waals surface area contributed by atoms with Gasteiger partial charge in [0.2, 0.25) is 5.91 Å². The monoisotopic (exact) mass is 574 g/mol. The van der Waals surface area contributed by atoms with Gasteiger partial charge in [0.25, 0.3) is 0 Å². The molecule has 1 aromatic carbocycles. The van der Waals surface area contributed by atoms with Crippen LogP contribution in [0.15, 0.2) is 30.9 Å². The summed E-state index contributed by atoms with van der Waals surface area (Å²) in [4.78, 5) is 33.7. The van der Waals surface area contributed by atoms with E-state index in [9.17, 15) is 14.9 Å². The van der Waals surface area contributed by atoms with Gasteiger partial charge in [0.1, 0.15) is 0 Å². The van der Waals surface area contributed by atoms with E-state index in [1.54, 1.807) is 4.90 Å². The zero-order chi connectivity index (χ0) is 29.4. The van der Waals surface area contributed by atoms with Crippen molar-refractivity contribution in [1.29, 1.82) is 5.26 Å². The van der Waals surface area contributed by atoms with E-state index in [0.29, 0.717) is 38.1 Å². The summed E-state index contributed by atoms with van der Waals surface area (Å²) < 4.78 is 6.48. The number of carbonyl (C=O) groups is 2. The molecular weight excluding hydrogens is 528 g/mol. The van der Waals surface area contributed by atoms with E-state index in [4.69, 9.17) is 4.74 Å². The number of benzene rings is 1. The number of Topliss-reactive ketones (excluding diaryl/α,β-unsaturated/α-hetero) is 1. The van der Waals surface area contributed by atoms with Crippen molar-refractivity contribution >= 4 is 11.7 Å². The fraction of sp³-hybridized carbons (Fsp3) is 0.667. The Balaban J connectivity index is 1.25. The van der Waals surface area contributed by atoms with Crippen LogP contribution < -0.4 is 10.6 Å². The van der Waals surface area contributed by atoms with Gasteiger partial charge < -0.3 is 14.5 Å². The van der Waals surface area contributed by atoms with E-state index < -0.39 is 6.35 Å². The van der Waals surface area contributed by atoms with Gasteiger partial charge in [-0.25, -0.2) is 0 Å². The van der Waals surface area contributed by atoms with Crippen LogP contribution in [-0.4, -0.2) is 96.9 Å². The normalized spacial score (nSPS) is 35.5. The molecule has 1 spiro atoms. The van der Waals surface area contributed by atoms with Gasteiger partial charge >= 0.3 is 0 Å². The first-order valence-corrected chi connectivity index (χ1v) is 15.8. The molecule has 0 radical (unpaired) electrons. The fourth-order valence-corrected chi connectivity index (χ4v) is 8.45. The van der Waals surface area contributed by atoms with Gasteiger partial charge in [-0.05, 0) is 88.2 Å². The summed E-state index contributed by atoms with van der Waals surface area (Å²) in [5.74, 6) is 0.287. The number of nitrogens with zero attached hydrogens (tertiary/aromatic N) is 4. The number of carbonyl (C=O) groups excluding carboxylic acids is 2. The number of rotatable bonds is 6. The Morgan fingerprint density at radius 2 is 2.07 bits per heavy atom. The van der Waals surface area contributed by atoms with Crippen molar-refractivity contribution in [1.82, 2.24) is 25.3 Å². The molecule has 4 fully saturated rings. The van der Waals surface area contributed by atoms with Crippen LogP contribution in [0.5, 0.6) is 0 Å². The quantitative estimate of drug-likeness (QED) is 0.500. The largest absolute Gasteiger partial charge is 0.348 e. The molecule has 7 atom stereocenters. The summed E-state index contributed by atoms with van der Waals surface area (Å²) in [5.41, 5.74) is 3.70. The Morgan fingerprint density at radius 1 is 1.21 bits per heavy atom. The summed E-state index contributed by atoms with van der Waals surface area (Å²) in [5, 5.41) is 16.9. The number of nitrogens with one attached hydrogen (secondary N) is 2. The van der Waals surface area contributed by atoms with Gasteiger partial charge in [0.15, 0.2) is 12.1 Å². The number of amides is 1. The number of nitriles is 1. The van der Waals surface area contributed by atoms with E-state index in [2.05, 4.69) is 65.3 Å². The number of hydrogen-bond acceptors (Lipinski definition) is 8. The van der Waals surface area contributed by atoms with Gasteiger partial charge in [-0.15, -0.1) is 0 Å². The maximum absolute atomic E-state index is 14.6. The highest BCUT2D eigenvalue weighted by atomic mass is 16.5. The molecule has 6 rings (SSSR count).